The van der Waals surface area contributed by atoms with E-state index in [1.165, 1.54) is 16.8 Å². The van der Waals surface area contributed by atoms with Gasteiger partial charge in [0.2, 0.25) is 0 Å². The van der Waals surface area contributed by atoms with Crippen LogP contribution in [-0.2, 0) is 4.74 Å². The summed E-state index contributed by atoms with van der Waals surface area (Å²) < 4.78 is 7.75. The third-order valence-corrected chi connectivity index (χ3v) is 6.90. The molecule has 6 rings (SSSR count). The number of likely N-dealkylation sites (N-methyl/N-ethyl adjacent to an activating group) is 1. The van der Waals surface area contributed by atoms with Crippen molar-refractivity contribution in [2.45, 2.75) is 18.8 Å². The van der Waals surface area contributed by atoms with Gasteiger partial charge in [0.1, 0.15) is 5.82 Å². The van der Waals surface area contributed by atoms with Gasteiger partial charge < -0.3 is 14.5 Å². The second-order valence-electron chi connectivity index (χ2n) is 8.94. The fourth-order valence-electron chi connectivity index (χ4n) is 4.91. The number of piperazine rings is 1. The Hall–Kier alpha value is -3.03. The summed E-state index contributed by atoms with van der Waals surface area (Å²) in [6, 6.07) is 15.4. The van der Waals surface area contributed by atoms with E-state index in [0.717, 1.165) is 74.7 Å². The van der Waals surface area contributed by atoms with E-state index in [1.807, 2.05) is 6.20 Å². The first-order valence-electron chi connectivity index (χ1n) is 11.5. The Morgan fingerprint density at radius 3 is 2.41 bits per heavy atom. The van der Waals surface area contributed by atoms with E-state index in [-0.39, 0.29) is 0 Å². The predicted octanol–water partition coefficient (Wildman–Crippen LogP) is 3.59. The van der Waals surface area contributed by atoms with Crippen molar-refractivity contribution in [1.82, 2.24) is 24.5 Å². The molecule has 2 aliphatic heterocycles. The van der Waals surface area contributed by atoms with Crippen molar-refractivity contribution < 1.29 is 4.74 Å². The lowest BCUT2D eigenvalue weighted by molar-refractivity contribution is 0.0834. The molecule has 0 spiro atoms. The highest BCUT2D eigenvalue weighted by Gasteiger charge is 2.22. The zero-order valence-electron chi connectivity index (χ0n) is 18.4. The minimum Gasteiger partial charge on any atom is -0.381 e. The zero-order chi connectivity index (χ0) is 21.5. The Morgan fingerprint density at radius 1 is 0.875 bits per heavy atom. The van der Waals surface area contributed by atoms with E-state index in [9.17, 15) is 0 Å². The van der Waals surface area contributed by atoms with Gasteiger partial charge in [0.25, 0.3) is 0 Å². The minimum atomic E-state index is 0.371. The fraction of sp³-hybridized carbons (Fsp3) is 0.400. The van der Waals surface area contributed by atoms with Gasteiger partial charge in [-0.25, -0.2) is 0 Å². The van der Waals surface area contributed by atoms with Gasteiger partial charge in [0, 0.05) is 51.0 Å². The summed E-state index contributed by atoms with van der Waals surface area (Å²) in [6.07, 6.45) is 3.79. The molecule has 4 aromatic rings. The maximum Gasteiger partial charge on any atom is 0.179 e. The van der Waals surface area contributed by atoms with Crippen LogP contribution in [0.4, 0.5) is 5.69 Å². The van der Waals surface area contributed by atoms with Gasteiger partial charge in [-0.1, -0.05) is 18.2 Å². The zero-order valence-corrected chi connectivity index (χ0v) is 18.4. The summed E-state index contributed by atoms with van der Waals surface area (Å²) in [6.45, 7) is 5.96. The quantitative estimate of drug-likeness (QED) is 0.497. The van der Waals surface area contributed by atoms with Crippen LogP contribution in [0, 0.1) is 0 Å². The van der Waals surface area contributed by atoms with Crippen molar-refractivity contribution in [3.8, 4) is 11.1 Å². The molecular weight excluding hydrogens is 400 g/mol. The van der Waals surface area contributed by atoms with E-state index < -0.39 is 0 Å². The van der Waals surface area contributed by atoms with E-state index in [0.29, 0.717) is 5.92 Å². The Morgan fingerprint density at radius 2 is 1.62 bits per heavy atom. The van der Waals surface area contributed by atoms with Gasteiger partial charge in [-0.3, -0.25) is 9.38 Å². The monoisotopic (exact) mass is 428 g/mol. The number of hydrogen-bond acceptors (Lipinski definition) is 6. The number of benzene rings is 2. The molecule has 0 bridgehead atoms. The lowest BCUT2D eigenvalue weighted by Gasteiger charge is -2.34. The van der Waals surface area contributed by atoms with Crippen LogP contribution in [0.5, 0.6) is 0 Å². The Balaban J connectivity index is 1.37. The first kappa shape index (κ1) is 19.6. The van der Waals surface area contributed by atoms with Gasteiger partial charge in [-0.2, -0.15) is 0 Å². The molecule has 32 heavy (non-hydrogen) atoms. The normalized spacial score (nSPS) is 18.6. The SMILES string of the molecule is CN1CCN(c2ccc(-c3ccc4ncc5nnc(C6CCOCC6)n5c4c3)cc2)CC1. The van der Waals surface area contributed by atoms with Crippen molar-refractivity contribution in [3.05, 3.63) is 54.5 Å². The standard InChI is InChI=1S/C25H28N6O/c1-29-10-12-30(13-11-29)21-5-2-18(3-6-21)20-4-7-22-23(16-20)31-24(17-26-22)27-28-25(31)19-8-14-32-15-9-19/h2-7,16-17,19H,8-15H2,1H3. The van der Waals surface area contributed by atoms with E-state index in [4.69, 9.17) is 4.74 Å². The highest BCUT2D eigenvalue weighted by Crippen LogP contribution is 2.30. The van der Waals surface area contributed by atoms with E-state index >= 15 is 0 Å². The van der Waals surface area contributed by atoms with Crippen LogP contribution in [-0.4, -0.2) is 70.9 Å². The number of anilines is 1. The molecule has 0 atom stereocenters. The Kier molecular flexibility index (Phi) is 5.00. The first-order valence-corrected chi connectivity index (χ1v) is 11.5. The third-order valence-electron chi connectivity index (χ3n) is 6.90. The fourth-order valence-corrected chi connectivity index (χ4v) is 4.91. The van der Waals surface area contributed by atoms with Gasteiger partial charge in [0.15, 0.2) is 5.65 Å². The van der Waals surface area contributed by atoms with Crippen molar-refractivity contribution in [2.75, 3.05) is 51.3 Å². The van der Waals surface area contributed by atoms with Crippen LogP contribution in [0.2, 0.25) is 0 Å². The largest absolute Gasteiger partial charge is 0.381 e. The number of rotatable bonds is 3. The Labute approximate surface area is 187 Å². The molecule has 0 unspecified atom stereocenters. The van der Waals surface area contributed by atoms with Gasteiger partial charge >= 0.3 is 0 Å². The highest BCUT2D eigenvalue weighted by atomic mass is 16.5. The molecule has 4 heterocycles. The van der Waals surface area contributed by atoms with Crippen LogP contribution in [0.15, 0.2) is 48.7 Å². The van der Waals surface area contributed by atoms with Crippen LogP contribution < -0.4 is 4.90 Å². The van der Waals surface area contributed by atoms with Crippen LogP contribution >= 0.6 is 0 Å². The number of fused-ring (bicyclic) bond motifs is 3. The molecule has 2 aromatic heterocycles. The van der Waals surface area contributed by atoms with Crippen molar-refractivity contribution in [3.63, 3.8) is 0 Å². The van der Waals surface area contributed by atoms with Gasteiger partial charge in [0.05, 0.1) is 17.2 Å². The summed E-state index contributed by atoms with van der Waals surface area (Å²) in [5.41, 5.74) is 6.53. The van der Waals surface area contributed by atoms with Gasteiger partial charge in [-0.15, -0.1) is 10.2 Å². The van der Waals surface area contributed by atoms with Gasteiger partial charge in [-0.05, 0) is 55.3 Å². The summed E-state index contributed by atoms with van der Waals surface area (Å²) in [7, 11) is 2.19. The lowest BCUT2D eigenvalue weighted by Crippen LogP contribution is -2.44. The number of ether oxygens (including phenoxy) is 1. The van der Waals surface area contributed by atoms with Crippen molar-refractivity contribution in [2.24, 2.45) is 0 Å². The second kappa shape index (κ2) is 8.15. The molecule has 7 heteroatoms. The third kappa shape index (κ3) is 3.51. The molecule has 7 nitrogen and oxygen atoms in total. The minimum absolute atomic E-state index is 0.371. The van der Waals surface area contributed by atoms with E-state index in [2.05, 4.69) is 78.9 Å². The molecule has 0 aliphatic carbocycles. The molecule has 0 radical (unpaired) electrons. The molecule has 2 fully saturated rings. The summed E-state index contributed by atoms with van der Waals surface area (Å²) >= 11 is 0. The molecule has 2 aliphatic rings. The molecular formula is C25H28N6O. The number of hydrogen-bond donors (Lipinski definition) is 0. The highest BCUT2D eigenvalue weighted by molar-refractivity contribution is 5.84. The summed E-state index contributed by atoms with van der Waals surface area (Å²) in [5.74, 6) is 1.40. The maximum absolute atomic E-state index is 5.56. The topological polar surface area (TPSA) is 58.8 Å². The molecule has 0 saturated carbocycles. The van der Waals surface area contributed by atoms with Crippen molar-refractivity contribution >= 4 is 22.4 Å². The number of nitrogens with zero attached hydrogens (tertiary/aromatic N) is 6. The summed E-state index contributed by atoms with van der Waals surface area (Å²) in [4.78, 5) is 9.48. The average molecular weight is 429 g/mol. The van der Waals surface area contributed by atoms with E-state index in [1.54, 1.807) is 0 Å². The number of aromatic nitrogens is 4. The Bertz CT molecular complexity index is 1240. The van der Waals surface area contributed by atoms with Crippen LogP contribution in [0.3, 0.4) is 0 Å². The average Bonchev–Trinajstić information content (AvgIpc) is 3.30. The van der Waals surface area contributed by atoms with Crippen LogP contribution in [0.1, 0.15) is 24.6 Å². The molecule has 2 aromatic carbocycles. The van der Waals surface area contributed by atoms with Crippen LogP contribution in [0.25, 0.3) is 27.8 Å². The molecule has 164 valence electrons. The molecule has 0 N–H and O–H groups in total. The second-order valence-corrected chi connectivity index (χ2v) is 8.94. The lowest BCUT2D eigenvalue weighted by atomic mass is 9.99. The summed E-state index contributed by atoms with van der Waals surface area (Å²) in [5, 5.41) is 8.96. The molecule has 2 saturated heterocycles. The molecule has 0 amide bonds. The maximum atomic E-state index is 5.56. The smallest absolute Gasteiger partial charge is 0.179 e. The predicted molar refractivity (Wildman–Crippen MR) is 126 cm³/mol. The van der Waals surface area contributed by atoms with Crippen molar-refractivity contribution in [1.29, 1.82) is 0 Å². The first-order chi connectivity index (χ1) is 15.8.